The van der Waals surface area contributed by atoms with E-state index in [1.807, 2.05) is 60.7 Å². The van der Waals surface area contributed by atoms with Gasteiger partial charge in [0.15, 0.2) is 0 Å². The third-order valence-corrected chi connectivity index (χ3v) is 4.90. The van der Waals surface area contributed by atoms with Gasteiger partial charge in [-0.05, 0) is 30.4 Å². The van der Waals surface area contributed by atoms with Crippen LogP contribution in [0.2, 0.25) is 0 Å². The molecule has 0 aromatic heterocycles. The fourth-order valence-corrected chi connectivity index (χ4v) is 3.46. The summed E-state index contributed by atoms with van der Waals surface area (Å²) >= 11 is 0. The molecule has 3 atom stereocenters. The van der Waals surface area contributed by atoms with Crippen LogP contribution in [0.25, 0.3) is 0 Å². The molecule has 1 fully saturated rings. The molecular weight excluding hydrogens is 328 g/mol. The van der Waals surface area contributed by atoms with Crippen molar-refractivity contribution in [2.75, 3.05) is 6.54 Å². The number of nitrogens with zero attached hydrogens (tertiary/aromatic N) is 1. The summed E-state index contributed by atoms with van der Waals surface area (Å²) < 4.78 is 0. The quantitative estimate of drug-likeness (QED) is 0.785. The van der Waals surface area contributed by atoms with Crippen molar-refractivity contribution in [1.82, 2.24) is 10.2 Å². The number of nitrogens with one attached hydrogen (secondary N) is 1. The van der Waals surface area contributed by atoms with Crippen molar-refractivity contribution >= 4 is 12.3 Å². The van der Waals surface area contributed by atoms with Gasteiger partial charge in [-0.3, -0.25) is 9.59 Å². The van der Waals surface area contributed by atoms with E-state index >= 15 is 0 Å². The van der Waals surface area contributed by atoms with Crippen molar-refractivity contribution in [2.45, 2.75) is 37.5 Å². The molecule has 0 saturated carbocycles. The van der Waals surface area contributed by atoms with E-state index in [-0.39, 0.29) is 5.91 Å². The van der Waals surface area contributed by atoms with Crippen LogP contribution < -0.4 is 5.32 Å². The number of benzene rings is 2. The standard InChI is InChI=1S/C21H24N2O3/c24-15-23-14-8-7-13-18(23)21(26)22-19(16-9-3-1-4-10-16)20(25)17-11-5-2-6-12-17/h1-6,9-12,15,18-20,25H,7-8,13-14H2,(H,22,26)/t18-,19-,20-/m0/s1. The third-order valence-electron chi connectivity index (χ3n) is 4.90. The van der Waals surface area contributed by atoms with Gasteiger partial charge in [0.2, 0.25) is 12.3 Å². The maximum atomic E-state index is 12.9. The van der Waals surface area contributed by atoms with Crippen LogP contribution >= 0.6 is 0 Å². The van der Waals surface area contributed by atoms with Crippen LogP contribution in [0.1, 0.15) is 42.5 Å². The summed E-state index contributed by atoms with van der Waals surface area (Å²) in [7, 11) is 0. The Morgan fingerprint density at radius 3 is 2.27 bits per heavy atom. The van der Waals surface area contributed by atoms with E-state index in [1.54, 1.807) is 4.90 Å². The Kier molecular flexibility index (Phi) is 6.02. The number of hydrogen-bond donors (Lipinski definition) is 2. The monoisotopic (exact) mass is 352 g/mol. The van der Waals surface area contributed by atoms with Gasteiger partial charge in [-0.2, -0.15) is 0 Å². The van der Waals surface area contributed by atoms with Crippen LogP contribution in [0.4, 0.5) is 0 Å². The average molecular weight is 352 g/mol. The first-order chi connectivity index (χ1) is 12.7. The summed E-state index contributed by atoms with van der Waals surface area (Å²) in [5.41, 5.74) is 1.56. The highest BCUT2D eigenvalue weighted by Crippen LogP contribution is 2.29. The van der Waals surface area contributed by atoms with Gasteiger partial charge >= 0.3 is 0 Å². The number of aliphatic hydroxyl groups excluding tert-OH is 1. The molecule has 5 heteroatoms. The molecule has 26 heavy (non-hydrogen) atoms. The molecule has 2 N–H and O–H groups in total. The van der Waals surface area contributed by atoms with E-state index in [0.29, 0.717) is 13.0 Å². The normalized spacial score (nSPS) is 19.4. The van der Waals surface area contributed by atoms with E-state index in [2.05, 4.69) is 5.32 Å². The highest BCUT2D eigenvalue weighted by atomic mass is 16.3. The van der Waals surface area contributed by atoms with Gasteiger partial charge in [-0.15, -0.1) is 0 Å². The van der Waals surface area contributed by atoms with Crippen LogP contribution in [0.5, 0.6) is 0 Å². The molecule has 0 spiro atoms. The fourth-order valence-electron chi connectivity index (χ4n) is 3.46. The highest BCUT2D eigenvalue weighted by molar-refractivity contribution is 5.84. The summed E-state index contributed by atoms with van der Waals surface area (Å²) in [6, 6.07) is 17.6. The first kappa shape index (κ1) is 18.1. The first-order valence-electron chi connectivity index (χ1n) is 9.00. The van der Waals surface area contributed by atoms with Crippen LogP contribution in [0, 0.1) is 0 Å². The Balaban J connectivity index is 1.84. The zero-order chi connectivity index (χ0) is 18.4. The van der Waals surface area contributed by atoms with Gasteiger partial charge in [0.1, 0.15) is 12.1 Å². The largest absolute Gasteiger partial charge is 0.386 e. The minimum absolute atomic E-state index is 0.222. The molecule has 5 nitrogen and oxygen atoms in total. The molecular formula is C21H24N2O3. The van der Waals surface area contributed by atoms with Crippen molar-refractivity contribution in [3.05, 3.63) is 71.8 Å². The van der Waals surface area contributed by atoms with Gasteiger partial charge in [-0.1, -0.05) is 60.7 Å². The van der Waals surface area contributed by atoms with E-state index in [9.17, 15) is 14.7 Å². The Morgan fingerprint density at radius 2 is 1.65 bits per heavy atom. The fraction of sp³-hybridized carbons (Fsp3) is 0.333. The zero-order valence-corrected chi connectivity index (χ0v) is 14.6. The van der Waals surface area contributed by atoms with E-state index in [4.69, 9.17) is 0 Å². The maximum Gasteiger partial charge on any atom is 0.243 e. The van der Waals surface area contributed by atoms with Gasteiger partial charge in [-0.25, -0.2) is 0 Å². The van der Waals surface area contributed by atoms with Gasteiger partial charge in [0.05, 0.1) is 6.04 Å². The molecule has 2 aromatic rings. The number of carbonyl (C=O) groups excluding carboxylic acids is 2. The number of hydrogen-bond acceptors (Lipinski definition) is 3. The summed E-state index contributed by atoms with van der Waals surface area (Å²) in [4.78, 5) is 25.7. The second kappa shape index (κ2) is 8.63. The number of carbonyl (C=O) groups is 2. The van der Waals surface area contributed by atoms with Crippen LogP contribution in [0.15, 0.2) is 60.7 Å². The smallest absolute Gasteiger partial charge is 0.243 e. The molecule has 136 valence electrons. The predicted molar refractivity (Wildman–Crippen MR) is 99.1 cm³/mol. The van der Waals surface area contributed by atoms with Crippen LogP contribution in [-0.2, 0) is 9.59 Å². The minimum atomic E-state index is -0.879. The average Bonchev–Trinajstić information content (AvgIpc) is 2.72. The lowest BCUT2D eigenvalue weighted by Gasteiger charge is -2.34. The molecule has 0 aliphatic carbocycles. The molecule has 0 bridgehead atoms. The number of amides is 2. The lowest BCUT2D eigenvalue weighted by Crippen LogP contribution is -2.50. The summed E-state index contributed by atoms with van der Waals surface area (Å²) in [5.74, 6) is -0.222. The molecule has 1 saturated heterocycles. The molecule has 1 heterocycles. The topological polar surface area (TPSA) is 69.6 Å². The number of likely N-dealkylation sites (tertiary alicyclic amines) is 1. The van der Waals surface area contributed by atoms with Crippen LogP contribution in [0.3, 0.4) is 0 Å². The molecule has 1 aliphatic rings. The molecule has 2 aromatic carbocycles. The maximum absolute atomic E-state index is 12.9. The molecule has 0 radical (unpaired) electrons. The number of piperidine rings is 1. The summed E-state index contributed by atoms with van der Waals surface area (Å²) in [6.07, 6.45) is 2.34. The minimum Gasteiger partial charge on any atom is -0.386 e. The van der Waals surface area contributed by atoms with Crippen molar-refractivity contribution in [3.63, 3.8) is 0 Å². The Labute approximate surface area is 153 Å². The Morgan fingerprint density at radius 1 is 1.04 bits per heavy atom. The van der Waals surface area contributed by atoms with Crippen molar-refractivity contribution in [2.24, 2.45) is 0 Å². The van der Waals surface area contributed by atoms with E-state index < -0.39 is 18.2 Å². The lowest BCUT2D eigenvalue weighted by atomic mass is 9.94. The lowest BCUT2D eigenvalue weighted by molar-refractivity contribution is -0.135. The van der Waals surface area contributed by atoms with Crippen molar-refractivity contribution < 1.29 is 14.7 Å². The molecule has 3 rings (SSSR count). The zero-order valence-electron chi connectivity index (χ0n) is 14.6. The van der Waals surface area contributed by atoms with Gasteiger partial charge < -0.3 is 15.3 Å². The Hall–Kier alpha value is -2.66. The molecule has 1 aliphatic heterocycles. The molecule has 2 amide bonds. The number of rotatable bonds is 6. The number of aliphatic hydroxyl groups is 1. The highest BCUT2D eigenvalue weighted by Gasteiger charge is 2.31. The SMILES string of the molecule is O=CN1CCCC[C@H]1C(=O)N[C@@H](c1ccccc1)[C@@H](O)c1ccccc1. The second-order valence-electron chi connectivity index (χ2n) is 6.61. The van der Waals surface area contributed by atoms with Crippen LogP contribution in [-0.4, -0.2) is 34.9 Å². The summed E-state index contributed by atoms with van der Waals surface area (Å²) in [6.45, 7) is 0.596. The van der Waals surface area contributed by atoms with E-state index in [1.165, 1.54) is 0 Å². The van der Waals surface area contributed by atoms with Gasteiger partial charge in [0, 0.05) is 6.54 Å². The summed E-state index contributed by atoms with van der Waals surface area (Å²) in [5, 5.41) is 13.9. The first-order valence-corrected chi connectivity index (χ1v) is 9.00. The van der Waals surface area contributed by atoms with Gasteiger partial charge in [0.25, 0.3) is 0 Å². The molecule has 0 unspecified atom stereocenters. The predicted octanol–water partition coefficient (Wildman–Crippen LogP) is 2.59. The van der Waals surface area contributed by atoms with Crippen molar-refractivity contribution in [3.8, 4) is 0 Å². The van der Waals surface area contributed by atoms with Crippen molar-refractivity contribution in [1.29, 1.82) is 0 Å². The second-order valence-corrected chi connectivity index (χ2v) is 6.61. The van der Waals surface area contributed by atoms with E-state index in [0.717, 1.165) is 30.4 Å². The third kappa shape index (κ3) is 4.11. The Bertz CT molecular complexity index is 721.